The van der Waals surface area contributed by atoms with Gasteiger partial charge in [0.15, 0.2) is 0 Å². The molecule has 3 nitrogen and oxygen atoms in total. The third-order valence-electron chi connectivity index (χ3n) is 3.96. The van der Waals surface area contributed by atoms with E-state index < -0.39 is 6.16 Å². The molecule has 0 aromatic rings. The number of rotatable bonds is 3. The first-order valence-electron chi connectivity index (χ1n) is 6.31. The number of carboxylic acid groups (broad SMARTS) is 1. The topological polar surface area (TPSA) is 46.5 Å². The van der Waals surface area contributed by atoms with E-state index in [0.717, 1.165) is 6.42 Å². The summed E-state index contributed by atoms with van der Waals surface area (Å²) in [5.74, 6) is 2.29. The molecule has 1 N–H and O–H groups in total. The maximum absolute atomic E-state index is 10.6. The molecular weight excluding hydrogens is 204 g/mol. The second kappa shape index (κ2) is 5.55. The molecule has 0 radical (unpaired) electrons. The SMILES string of the molecule is CC1CCC(C(C)C)C(C(C)OC(=O)O)C1. The Bertz CT molecular complexity index is 237. The lowest BCUT2D eigenvalue weighted by Crippen LogP contribution is -2.36. The summed E-state index contributed by atoms with van der Waals surface area (Å²) in [4.78, 5) is 10.6. The van der Waals surface area contributed by atoms with Crippen LogP contribution in [0.1, 0.15) is 47.0 Å². The Morgan fingerprint density at radius 2 is 1.88 bits per heavy atom. The smallest absolute Gasteiger partial charge is 0.450 e. The van der Waals surface area contributed by atoms with Crippen LogP contribution in [0, 0.1) is 23.7 Å². The van der Waals surface area contributed by atoms with Crippen LogP contribution in [-0.2, 0) is 4.74 Å². The second-order valence-corrected chi connectivity index (χ2v) is 5.58. The Labute approximate surface area is 98.2 Å². The maximum Gasteiger partial charge on any atom is 0.506 e. The van der Waals surface area contributed by atoms with Crippen LogP contribution in [0.15, 0.2) is 0 Å². The Kier molecular flexibility index (Phi) is 4.63. The van der Waals surface area contributed by atoms with Gasteiger partial charge in [-0.1, -0.05) is 27.2 Å². The first kappa shape index (κ1) is 13.3. The third-order valence-corrected chi connectivity index (χ3v) is 3.96. The highest BCUT2D eigenvalue weighted by molar-refractivity contribution is 5.57. The molecule has 3 heteroatoms. The highest BCUT2D eigenvalue weighted by Gasteiger charge is 2.35. The van der Waals surface area contributed by atoms with Crippen molar-refractivity contribution in [3.05, 3.63) is 0 Å². The first-order chi connectivity index (χ1) is 7.41. The fraction of sp³-hybridized carbons (Fsp3) is 0.923. The Morgan fingerprint density at radius 3 is 2.38 bits per heavy atom. The van der Waals surface area contributed by atoms with E-state index in [1.54, 1.807) is 0 Å². The molecule has 1 rings (SSSR count). The van der Waals surface area contributed by atoms with Gasteiger partial charge in [-0.3, -0.25) is 0 Å². The van der Waals surface area contributed by atoms with Crippen LogP contribution in [0.4, 0.5) is 4.79 Å². The minimum Gasteiger partial charge on any atom is -0.450 e. The van der Waals surface area contributed by atoms with Gasteiger partial charge in [-0.15, -0.1) is 0 Å². The molecule has 0 aliphatic heterocycles. The molecule has 0 spiro atoms. The van der Waals surface area contributed by atoms with E-state index in [1.165, 1.54) is 12.8 Å². The van der Waals surface area contributed by atoms with E-state index in [2.05, 4.69) is 20.8 Å². The molecule has 0 amide bonds. The van der Waals surface area contributed by atoms with Gasteiger partial charge in [-0.25, -0.2) is 4.79 Å². The Balaban J connectivity index is 2.66. The van der Waals surface area contributed by atoms with E-state index in [9.17, 15) is 4.79 Å². The van der Waals surface area contributed by atoms with Gasteiger partial charge < -0.3 is 9.84 Å². The van der Waals surface area contributed by atoms with Crippen LogP contribution in [0.3, 0.4) is 0 Å². The maximum atomic E-state index is 10.6. The van der Waals surface area contributed by atoms with Crippen molar-refractivity contribution in [3.8, 4) is 0 Å². The minimum atomic E-state index is -1.15. The number of hydrogen-bond donors (Lipinski definition) is 1. The van der Waals surface area contributed by atoms with Crippen molar-refractivity contribution in [2.75, 3.05) is 0 Å². The van der Waals surface area contributed by atoms with Crippen LogP contribution < -0.4 is 0 Å². The predicted octanol–water partition coefficient (Wildman–Crippen LogP) is 3.78. The zero-order chi connectivity index (χ0) is 12.3. The molecule has 1 aliphatic carbocycles. The van der Waals surface area contributed by atoms with Crippen LogP contribution in [0.5, 0.6) is 0 Å². The molecular formula is C13H24O3. The highest BCUT2D eigenvalue weighted by atomic mass is 16.7. The van der Waals surface area contributed by atoms with Gasteiger partial charge in [0.2, 0.25) is 0 Å². The summed E-state index contributed by atoms with van der Waals surface area (Å²) in [7, 11) is 0. The Hall–Kier alpha value is -0.730. The largest absolute Gasteiger partial charge is 0.506 e. The first-order valence-corrected chi connectivity index (χ1v) is 6.31. The molecule has 1 fully saturated rings. The summed E-state index contributed by atoms with van der Waals surface area (Å²) in [6, 6.07) is 0. The van der Waals surface area contributed by atoms with Crippen molar-refractivity contribution < 1.29 is 14.6 Å². The molecule has 0 heterocycles. The van der Waals surface area contributed by atoms with Gasteiger partial charge >= 0.3 is 6.16 Å². The van der Waals surface area contributed by atoms with Gasteiger partial charge in [-0.05, 0) is 43.4 Å². The minimum absolute atomic E-state index is 0.173. The normalized spacial score (nSPS) is 32.4. The van der Waals surface area contributed by atoms with E-state index in [4.69, 9.17) is 9.84 Å². The number of hydrogen-bond acceptors (Lipinski definition) is 2. The zero-order valence-electron chi connectivity index (χ0n) is 10.8. The molecule has 1 aliphatic rings. The molecule has 4 unspecified atom stereocenters. The van der Waals surface area contributed by atoms with E-state index in [0.29, 0.717) is 23.7 Å². The number of ether oxygens (including phenoxy) is 1. The summed E-state index contributed by atoms with van der Waals surface area (Å²) >= 11 is 0. The van der Waals surface area contributed by atoms with Crippen LogP contribution >= 0.6 is 0 Å². The summed E-state index contributed by atoms with van der Waals surface area (Å²) in [5, 5.41) is 8.68. The molecule has 16 heavy (non-hydrogen) atoms. The van der Waals surface area contributed by atoms with E-state index in [1.807, 2.05) is 6.92 Å². The summed E-state index contributed by atoms with van der Waals surface area (Å²) < 4.78 is 4.94. The third kappa shape index (κ3) is 3.39. The fourth-order valence-electron chi connectivity index (χ4n) is 3.06. The van der Waals surface area contributed by atoms with Crippen molar-refractivity contribution >= 4 is 6.16 Å². The van der Waals surface area contributed by atoms with Crippen molar-refractivity contribution in [2.45, 2.75) is 53.1 Å². The monoisotopic (exact) mass is 228 g/mol. The fourth-order valence-corrected chi connectivity index (χ4v) is 3.06. The molecule has 0 aromatic heterocycles. The molecule has 0 aromatic carbocycles. The predicted molar refractivity (Wildman–Crippen MR) is 63.4 cm³/mol. The van der Waals surface area contributed by atoms with Gasteiger partial charge in [-0.2, -0.15) is 0 Å². The van der Waals surface area contributed by atoms with Crippen molar-refractivity contribution in [1.29, 1.82) is 0 Å². The zero-order valence-corrected chi connectivity index (χ0v) is 10.8. The van der Waals surface area contributed by atoms with Crippen molar-refractivity contribution in [3.63, 3.8) is 0 Å². The summed E-state index contributed by atoms with van der Waals surface area (Å²) in [6.45, 7) is 8.59. The van der Waals surface area contributed by atoms with E-state index >= 15 is 0 Å². The quantitative estimate of drug-likeness (QED) is 0.748. The van der Waals surface area contributed by atoms with Crippen molar-refractivity contribution in [1.82, 2.24) is 0 Å². The van der Waals surface area contributed by atoms with Gasteiger partial charge in [0, 0.05) is 0 Å². The summed E-state index contributed by atoms with van der Waals surface area (Å²) in [6.07, 6.45) is 2.24. The number of carbonyl (C=O) groups is 1. The Morgan fingerprint density at radius 1 is 1.25 bits per heavy atom. The molecule has 0 saturated heterocycles. The van der Waals surface area contributed by atoms with Gasteiger partial charge in [0.1, 0.15) is 6.10 Å². The van der Waals surface area contributed by atoms with Gasteiger partial charge in [0.05, 0.1) is 0 Å². The molecule has 4 atom stereocenters. The standard InChI is InChI=1S/C13H24O3/c1-8(2)11-6-5-9(3)7-12(11)10(4)16-13(14)15/h8-12H,5-7H2,1-4H3,(H,14,15). The molecule has 0 bridgehead atoms. The van der Waals surface area contributed by atoms with Crippen LogP contribution in [0.25, 0.3) is 0 Å². The average Bonchev–Trinajstić information content (AvgIpc) is 2.15. The lowest BCUT2D eigenvalue weighted by Gasteiger charge is -2.39. The van der Waals surface area contributed by atoms with Gasteiger partial charge in [0.25, 0.3) is 0 Å². The van der Waals surface area contributed by atoms with Crippen LogP contribution in [-0.4, -0.2) is 17.4 Å². The molecule has 1 saturated carbocycles. The lowest BCUT2D eigenvalue weighted by molar-refractivity contribution is -0.0109. The molecule has 94 valence electrons. The van der Waals surface area contributed by atoms with Crippen molar-refractivity contribution in [2.24, 2.45) is 23.7 Å². The van der Waals surface area contributed by atoms with Crippen LogP contribution in [0.2, 0.25) is 0 Å². The second-order valence-electron chi connectivity index (χ2n) is 5.58. The highest BCUT2D eigenvalue weighted by Crippen LogP contribution is 2.40. The van der Waals surface area contributed by atoms with E-state index in [-0.39, 0.29) is 6.10 Å². The average molecular weight is 228 g/mol. The summed E-state index contributed by atoms with van der Waals surface area (Å²) in [5.41, 5.74) is 0. The lowest BCUT2D eigenvalue weighted by atomic mass is 9.68.